The van der Waals surface area contributed by atoms with Crippen LogP contribution in [0, 0.1) is 0 Å². The van der Waals surface area contributed by atoms with Crippen molar-refractivity contribution in [3.8, 4) is 0 Å². The number of nitrogens with zero attached hydrogens (tertiary/aromatic N) is 2. The maximum Gasteiger partial charge on any atom is 0.237 e. The van der Waals surface area contributed by atoms with Crippen LogP contribution < -0.4 is 0 Å². The fraction of sp³-hybridized carbons (Fsp3) is 0.217. The molecule has 1 saturated heterocycles. The molecule has 2 aromatic heterocycles. The summed E-state index contributed by atoms with van der Waals surface area (Å²) in [6.07, 6.45) is 4.87. The van der Waals surface area contributed by atoms with Crippen LogP contribution in [0.5, 0.6) is 0 Å². The van der Waals surface area contributed by atoms with Gasteiger partial charge in [-0.3, -0.25) is 14.5 Å². The lowest BCUT2D eigenvalue weighted by molar-refractivity contribution is -0.138. The van der Waals surface area contributed by atoms with Crippen molar-refractivity contribution >= 4 is 33.6 Å². The number of fused-ring (bicyclic) bond motifs is 2. The van der Waals surface area contributed by atoms with Crippen molar-refractivity contribution in [3.63, 3.8) is 0 Å². The Morgan fingerprint density at radius 1 is 1.04 bits per heavy atom. The largest absolute Gasteiger partial charge is 0.361 e. The minimum Gasteiger partial charge on any atom is -0.361 e. The number of amides is 2. The molecule has 28 heavy (non-hydrogen) atoms. The van der Waals surface area contributed by atoms with Gasteiger partial charge in [0, 0.05) is 54.2 Å². The number of aryl methyl sites for hydroxylation is 1. The van der Waals surface area contributed by atoms with Crippen LogP contribution in [0.15, 0.2) is 60.9 Å². The van der Waals surface area contributed by atoms with Crippen molar-refractivity contribution in [2.24, 2.45) is 7.05 Å². The van der Waals surface area contributed by atoms with E-state index in [-0.39, 0.29) is 24.2 Å². The molecule has 0 aliphatic carbocycles. The molecular formula is C23H21N3O2. The number of carbonyl (C=O) groups excluding carboxylic acids is 2. The van der Waals surface area contributed by atoms with Crippen LogP contribution in [0.1, 0.15) is 23.5 Å². The third-order valence-corrected chi connectivity index (χ3v) is 5.83. The summed E-state index contributed by atoms with van der Waals surface area (Å²) in [4.78, 5) is 30.4. The van der Waals surface area contributed by atoms with Gasteiger partial charge in [-0.1, -0.05) is 36.4 Å². The Kier molecular flexibility index (Phi) is 3.83. The van der Waals surface area contributed by atoms with Gasteiger partial charge in [-0.05, 0) is 29.7 Å². The molecule has 1 aliphatic heterocycles. The fourth-order valence-electron chi connectivity index (χ4n) is 4.38. The van der Waals surface area contributed by atoms with E-state index in [0.717, 1.165) is 32.9 Å². The predicted octanol–water partition coefficient (Wildman–Crippen LogP) is 3.74. The normalized spacial score (nSPS) is 17.3. The van der Waals surface area contributed by atoms with Gasteiger partial charge < -0.3 is 9.55 Å². The van der Waals surface area contributed by atoms with Gasteiger partial charge in [0.05, 0.1) is 5.92 Å². The zero-order valence-corrected chi connectivity index (χ0v) is 15.7. The van der Waals surface area contributed by atoms with Gasteiger partial charge in [-0.2, -0.15) is 0 Å². The number of aromatic nitrogens is 2. The quantitative estimate of drug-likeness (QED) is 0.556. The van der Waals surface area contributed by atoms with Crippen LogP contribution >= 0.6 is 0 Å². The number of benzene rings is 2. The Bertz CT molecular complexity index is 1220. The van der Waals surface area contributed by atoms with Crippen molar-refractivity contribution in [3.05, 3.63) is 72.1 Å². The molecule has 0 radical (unpaired) electrons. The fourth-order valence-corrected chi connectivity index (χ4v) is 4.38. The molecule has 0 unspecified atom stereocenters. The minimum absolute atomic E-state index is 0.0808. The maximum absolute atomic E-state index is 13.1. The summed E-state index contributed by atoms with van der Waals surface area (Å²) in [7, 11) is 1.97. The molecule has 4 aromatic rings. The summed E-state index contributed by atoms with van der Waals surface area (Å²) in [5.41, 5.74) is 4.23. The molecule has 1 N–H and O–H groups in total. The van der Waals surface area contributed by atoms with Gasteiger partial charge in [0.2, 0.25) is 11.8 Å². The second kappa shape index (κ2) is 6.37. The number of rotatable bonds is 4. The Labute approximate surface area is 162 Å². The molecule has 0 saturated carbocycles. The van der Waals surface area contributed by atoms with E-state index in [1.54, 1.807) is 0 Å². The molecule has 1 atom stereocenters. The lowest BCUT2D eigenvalue weighted by Gasteiger charge is -2.14. The Morgan fingerprint density at radius 2 is 1.79 bits per heavy atom. The van der Waals surface area contributed by atoms with E-state index in [1.165, 1.54) is 4.90 Å². The molecule has 3 heterocycles. The molecule has 140 valence electrons. The van der Waals surface area contributed by atoms with Crippen molar-refractivity contribution < 1.29 is 9.59 Å². The smallest absolute Gasteiger partial charge is 0.237 e. The molecular weight excluding hydrogens is 350 g/mol. The van der Waals surface area contributed by atoms with E-state index in [0.29, 0.717) is 13.0 Å². The standard InChI is InChI=1S/C23H21N3O2/c1-25-14-19(17-7-3-5-9-21(17)25)18-12-22(27)26(23(18)28)11-10-15-13-24-20-8-4-2-6-16(15)20/h2-9,13-14,18,24H,10-12H2,1H3/t18-/m1/s1. The first kappa shape index (κ1) is 16.8. The van der Waals surface area contributed by atoms with Crippen LogP contribution in [-0.4, -0.2) is 32.8 Å². The molecule has 0 bridgehead atoms. The number of H-pyrrole nitrogens is 1. The topological polar surface area (TPSA) is 58.1 Å². The molecule has 5 nitrogen and oxygen atoms in total. The number of aromatic amines is 1. The lowest BCUT2D eigenvalue weighted by atomic mass is 9.97. The molecule has 2 aromatic carbocycles. The third-order valence-electron chi connectivity index (χ3n) is 5.83. The Hall–Kier alpha value is -3.34. The first-order chi connectivity index (χ1) is 13.6. The third kappa shape index (κ3) is 2.54. The summed E-state index contributed by atoms with van der Waals surface area (Å²) in [6, 6.07) is 16.1. The highest BCUT2D eigenvalue weighted by Gasteiger charge is 2.40. The minimum atomic E-state index is -0.387. The molecule has 5 heteroatoms. The van der Waals surface area contributed by atoms with Crippen molar-refractivity contribution in [2.75, 3.05) is 6.54 Å². The van der Waals surface area contributed by atoms with Gasteiger partial charge in [0.1, 0.15) is 0 Å². The Balaban J connectivity index is 1.40. The number of hydrogen-bond acceptors (Lipinski definition) is 2. The van der Waals surface area contributed by atoms with Crippen molar-refractivity contribution in [1.29, 1.82) is 0 Å². The molecule has 1 aliphatic rings. The van der Waals surface area contributed by atoms with E-state index >= 15 is 0 Å². The first-order valence-electron chi connectivity index (χ1n) is 9.56. The van der Waals surface area contributed by atoms with Gasteiger partial charge in [0.25, 0.3) is 0 Å². The Morgan fingerprint density at radius 3 is 2.64 bits per heavy atom. The second-order valence-corrected chi connectivity index (χ2v) is 7.46. The molecule has 0 spiro atoms. The van der Waals surface area contributed by atoms with Crippen LogP contribution in [0.2, 0.25) is 0 Å². The highest BCUT2D eigenvalue weighted by molar-refractivity contribution is 6.08. The van der Waals surface area contributed by atoms with Crippen molar-refractivity contribution in [2.45, 2.75) is 18.8 Å². The molecule has 1 fully saturated rings. The zero-order chi connectivity index (χ0) is 19.3. The zero-order valence-electron chi connectivity index (χ0n) is 15.7. The van der Waals surface area contributed by atoms with Crippen LogP contribution in [-0.2, 0) is 23.1 Å². The molecule has 5 rings (SSSR count). The predicted molar refractivity (Wildman–Crippen MR) is 109 cm³/mol. The highest BCUT2D eigenvalue weighted by atomic mass is 16.2. The summed E-state index contributed by atoms with van der Waals surface area (Å²) < 4.78 is 2.02. The number of carbonyl (C=O) groups is 2. The number of nitrogens with one attached hydrogen (secondary N) is 1. The SMILES string of the molecule is Cn1cc([C@H]2CC(=O)N(CCc3c[nH]c4ccccc34)C2=O)c2ccccc21. The number of para-hydroxylation sites is 2. The maximum atomic E-state index is 13.1. The average molecular weight is 371 g/mol. The lowest BCUT2D eigenvalue weighted by Crippen LogP contribution is -2.32. The number of imide groups is 1. The van der Waals surface area contributed by atoms with Gasteiger partial charge in [-0.15, -0.1) is 0 Å². The van der Waals surface area contributed by atoms with E-state index in [1.807, 2.05) is 66.5 Å². The van der Waals surface area contributed by atoms with Crippen LogP contribution in [0.25, 0.3) is 21.8 Å². The highest BCUT2D eigenvalue weighted by Crippen LogP contribution is 2.35. The molecule has 2 amide bonds. The monoisotopic (exact) mass is 371 g/mol. The van der Waals surface area contributed by atoms with E-state index in [4.69, 9.17) is 0 Å². The van der Waals surface area contributed by atoms with E-state index in [9.17, 15) is 9.59 Å². The first-order valence-corrected chi connectivity index (χ1v) is 9.56. The summed E-state index contributed by atoms with van der Waals surface area (Å²) >= 11 is 0. The number of hydrogen-bond donors (Lipinski definition) is 1. The summed E-state index contributed by atoms with van der Waals surface area (Å²) in [5, 5.41) is 2.20. The van der Waals surface area contributed by atoms with Crippen molar-refractivity contribution in [1.82, 2.24) is 14.5 Å². The number of likely N-dealkylation sites (tertiary alicyclic amines) is 1. The van der Waals surface area contributed by atoms with Gasteiger partial charge in [0.15, 0.2) is 0 Å². The summed E-state index contributed by atoms with van der Waals surface area (Å²) in [6.45, 7) is 0.417. The average Bonchev–Trinajstić information content (AvgIpc) is 3.35. The summed E-state index contributed by atoms with van der Waals surface area (Å²) in [5.74, 6) is -0.550. The van der Waals surface area contributed by atoms with E-state index < -0.39 is 0 Å². The van der Waals surface area contributed by atoms with E-state index in [2.05, 4.69) is 11.1 Å². The van der Waals surface area contributed by atoms with Crippen LogP contribution in [0.3, 0.4) is 0 Å². The van der Waals surface area contributed by atoms with Gasteiger partial charge in [-0.25, -0.2) is 0 Å². The van der Waals surface area contributed by atoms with Gasteiger partial charge >= 0.3 is 0 Å². The second-order valence-electron chi connectivity index (χ2n) is 7.46. The van der Waals surface area contributed by atoms with Crippen LogP contribution in [0.4, 0.5) is 0 Å².